The molecule has 1 atom stereocenters. The molecule has 3 aliphatic rings. The normalized spacial score (nSPS) is 26.9. The van der Waals surface area contributed by atoms with Gasteiger partial charge in [-0.3, -0.25) is 0 Å². The van der Waals surface area contributed by atoms with E-state index in [-0.39, 0.29) is 24.8 Å². The van der Waals surface area contributed by atoms with Crippen LogP contribution in [0.15, 0.2) is 44.8 Å². The maximum absolute atomic E-state index is 2.62. The first-order chi connectivity index (χ1) is 9.03. The first-order valence-electron chi connectivity index (χ1n) is 7.58. The van der Waals surface area contributed by atoms with E-state index in [2.05, 4.69) is 51.2 Å². The Labute approximate surface area is 153 Å². The van der Waals surface area contributed by atoms with Gasteiger partial charge < -0.3 is 0 Å². The van der Waals surface area contributed by atoms with Gasteiger partial charge >= 0.3 is 129 Å². The average Bonchev–Trinajstić information content (AvgIpc) is 2.98. The van der Waals surface area contributed by atoms with Crippen LogP contribution >= 0.6 is 24.8 Å². The number of hydrogen-bond donors (Lipinski definition) is 0. The molecule has 21 heavy (non-hydrogen) atoms. The molecule has 0 radical (unpaired) electrons. The molecule has 0 bridgehead atoms. The molecule has 0 aromatic carbocycles. The van der Waals surface area contributed by atoms with Gasteiger partial charge in [0.1, 0.15) is 0 Å². The van der Waals surface area contributed by atoms with Crippen molar-refractivity contribution in [1.82, 2.24) is 0 Å². The molecular weight excluding hydrogens is 378 g/mol. The smallest absolute Gasteiger partial charge is 0.147 e. The fourth-order valence-corrected chi connectivity index (χ4v) is 8.32. The summed E-state index contributed by atoms with van der Waals surface area (Å²) in [4.78, 5) is 0. The molecule has 0 saturated carbocycles. The summed E-state index contributed by atoms with van der Waals surface area (Å²) in [5, 5.41) is 0. The van der Waals surface area contributed by atoms with Crippen LogP contribution in [-0.2, 0) is 23.2 Å². The monoisotopic (exact) mass is 402 g/mol. The quantitative estimate of drug-likeness (QED) is 0.499. The van der Waals surface area contributed by atoms with E-state index in [0.29, 0.717) is 8.54 Å². The average molecular weight is 405 g/mol. The third-order valence-electron chi connectivity index (χ3n) is 4.83. The number of halogens is 2. The first-order valence-corrected chi connectivity index (χ1v) is 10.0. The van der Waals surface area contributed by atoms with E-state index in [1.54, 1.807) is 8.85 Å². The zero-order chi connectivity index (χ0) is 13.5. The Morgan fingerprint density at radius 3 is 2.43 bits per heavy atom. The minimum atomic E-state index is -0.590. The second kappa shape index (κ2) is 7.33. The Morgan fingerprint density at radius 2 is 1.81 bits per heavy atom. The maximum Gasteiger partial charge on any atom is -0.147 e. The van der Waals surface area contributed by atoms with E-state index in [4.69, 9.17) is 0 Å². The van der Waals surface area contributed by atoms with Crippen molar-refractivity contribution in [2.24, 2.45) is 5.41 Å². The van der Waals surface area contributed by atoms with Crippen LogP contribution in [-0.4, -0.2) is 0 Å². The second-order valence-corrected chi connectivity index (χ2v) is 11.2. The summed E-state index contributed by atoms with van der Waals surface area (Å²) in [5.41, 5.74) is 3.92. The van der Waals surface area contributed by atoms with Crippen molar-refractivity contribution in [3.63, 3.8) is 0 Å². The van der Waals surface area contributed by atoms with Crippen LogP contribution in [0.3, 0.4) is 0 Å². The molecular formula is C18H26Cl2Zr. The fraction of sp³-hybridized carbons (Fsp3) is 0.556. The molecule has 0 saturated heterocycles. The van der Waals surface area contributed by atoms with E-state index in [9.17, 15) is 0 Å². The minimum Gasteiger partial charge on any atom is -0.147 e. The summed E-state index contributed by atoms with van der Waals surface area (Å²) < 4.78 is 2.23. The Kier molecular flexibility index (Phi) is 6.80. The van der Waals surface area contributed by atoms with E-state index in [1.807, 2.05) is 5.57 Å². The molecule has 0 amide bonds. The molecule has 0 fully saturated rings. The number of allylic oxidation sites excluding steroid dienone is 8. The second-order valence-electron chi connectivity index (χ2n) is 7.05. The Hall–Kier alpha value is 0.423. The summed E-state index contributed by atoms with van der Waals surface area (Å²) in [7, 11) is 0. The van der Waals surface area contributed by atoms with Crippen LogP contribution in [0.2, 0.25) is 3.12 Å². The van der Waals surface area contributed by atoms with Gasteiger partial charge in [0.05, 0.1) is 0 Å². The molecule has 116 valence electrons. The van der Waals surface area contributed by atoms with Crippen molar-refractivity contribution in [1.29, 1.82) is 0 Å². The van der Waals surface area contributed by atoms with Crippen molar-refractivity contribution >= 4 is 24.8 Å². The van der Waals surface area contributed by atoms with Crippen LogP contribution in [0.1, 0.15) is 52.9 Å². The van der Waals surface area contributed by atoms with Gasteiger partial charge in [-0.15, -0.1) is 24.8 Å². The Balaban J connectivity index is 0.00000110. The number of rotatable bonds is 2. The summed E-state index contributed by atoms with van der Waals surface area (Å²) >= 11 is -0.590. The molecule has 0 N–H and O–H groups in total. The van der Waals surface area contributed by atoms with Crippen LogP contribution in [0, 0.1) is 5.41 Å². The number of hydrogen-bond acceptors (Lipinski definition) is 0. The van der Waals surface area contributed by atoms with Gasteiger partial charge in [-0.25, -0.2) is 0 Å². The largest absolute Gasteiger partial charge is 0.147 e. The minimum absolute atomic E-state index is 0. The molecule has 0 heterocycles. The van der Waals surface area contributed by atoms with E-state index < -0.39 is 23.2 Å². The van der Waals surface area contributed by atoms with Crippen LogP contribution in [0.5, 0.6) is 0 Å². The van der Waals surface area contributed by atoms with E-state index in [0.717, 1.165) is 0 Å². The molecule has 0 aliphatic heterocycles. The predicted molar refractivity (Wildman–Crippen MR) is 93.1 cm³/mol. The van der Waals surface area contributed by atoms with Gasteiger partial charge in [0, 0.05) is 0 Å². The van der Waals surface area contributed by atoms with Crippen molar-refractivity contribution < 1.29 is 23.2 Å². The van der Waals surface area contributed by atoms with Gasteiger partial charge in [-0.05, 0) is 0 Å². The summed E-state index contributed by atoms with van der Waals surface area (Å²) in [5.74, 6) is 0. The third kappa shape index (κ3) is 3.51. The zero-order valence-electron chi connectivity index (χ0n) is 13.2. The van der Waals surface area contributed by atoms with Gasteiger partial charge in [0.15, 0.2) is 0 Å². The van der Waals surface area contributed by atoms with Crippen molar-refractivity contribution in [3.8, 4) is 0 Å². The molecule has 0 aromatic heterocycles. The third-order valence-corrected chi connectivity index (χ3v) is 10.5. The molecule has 1 unspecified atom stereocenters. The molecule has 3 heteroatoms. The van der Waals surface area contributed by atoms with Crippen molar-refractivity contribution in [3.05, 3.63) is 44.8 Å². The zero-order valence-corrected chi connectivity index (χ0v) is 17.3. The Morgan fingerprint density at radius 1 is 1.10 bits per heavy atom. The van der Waals surface area contributed by atoms with Crippen molar-refractivity contribution in [2.45, 2.75) is 56.0 Å². The topological polar surface area (TPSA) is 0 Å². The van der Waals surface area contributed by atoms with Crippen molar-refractivity contribution in [2.75, 3.05) is 0 Å². The summed E-state index contributed by atoms with van der Waals surface area (Å²) in [6.45, 7) is 7.39. The van der Waals surface area contributed by atoms with E-state index in [1.165, 1.54) is 32.1 Å². The van der Waals surface area contributed by atoms with Gasteiger partial charge in [0.2, 0.25) is 0 Å². The Bertz CT molecular complexity index is 506. The maximum atomic E-state index is 2.62. The molecule has 0 aromatic rings. The summed E-state index contributed by atoms with van der Waals surface area (Å²) in [6, 6.07) is 0. The molecule has 0 nitrogen and oxygen atoms in total. The molecule has 0 spiro atoms. The van der Waals surface area contributed by atoms with Crippen LogP contribution in [0.25, 0.3) is 0 Å². The first kappa shape index (κ1) is 19.5. The summed E-state index contributed by atoms with van der Waals surface area (Å²) in [6.07, 6.45) is 18.9. The van der Waals surface area contributed by atoms with Gasteiger partial charge in [0.25, 0.3) is 0 Å². The van der Waals surface area contributed by atoms with E-state index >= 15 is 0 Å². The van der Waals surface area contributed by atoms with Crippen LogP contribution in [0.4, 0.5) is 0 Å². The van der Waals surface area contributed by atoms with Crippen LogP contribution < -0.4 is 0 Å². The van der Waals surface area contributed by atoms with Gasteiger partial charge in [-0.2, -0.15) is 0 Å². The fourth-order valence-electron chi connectivity index (χ4n) is 3.69. The standard InChI is InChI=1S/C13H19.C5H5.2ClH.Zr/c1-13(2,3)12-9-8-10-6-4-5-7-11(10)12;1-2-4-5-3-1;;;/h8-9H,4-7H2,1-3H3;1-3H,4H2;2*1H;. The molecule has 3 aliphatic carbocycles. The van der Waals surface area contributed by atoms with Gasteiger partial charge in [-0.1, -0.05) is 0 Å². The SMILES string of the molecule is CC(C)(C)[C]1([Zr][C]2=CC=CC2)C=CC2=C1CCCC2.Cl.Cl. The molecule has 3 rings (SSSR count). The predicted octanol–water partition coefficient (Wildman–Crippen LogP) is 6.40.